The second kappa shape index (κ2) is 5.30. The number of nitrogens with one attached hydrogen (secondary N) is 1. The van der Waals surface area contributed by atoms with Crippen molar-refractivity contribution >= 4 is 9.84 Å². The third kappa shape index (κ3) is 4.11. The summed E-state index contributed by atoms with van der Waals surface area (Å²) in [5.74, 6) is 2.23. The van der Waals surface area contributed by atoms with Gasteiger partial charge < -0.3 is 5.32 Å². The number of hydrogen-bond donors (Lipinski definition) is 1. The van der Waals surface area contributed by atoms with Gasteiger partial charge in [0.05, 0.1) is 5.75 Å². The summed E-state index contributed by atoms with van der Waals surface area (Å²) in [5, 5.41) is 3.30. The lowest BCUT2D eigenvalue weighted by Gasteiger charge is -2.15. The highest BCUT2D eigenvalue weighted by Gasteiger charge is 2.38. The van der Waals surface area contributed by atoms with E-state index in [1.807, 2.05) is 7.05 Å². The standard InChI is InChI=1S/C11H23NO2S/c1-4-15(13,14)7-5-6-11(12-3)10-8-9(10)2/h9-12H,4-8H2,1-3H3. The van der Waals surface area contributed by atoms with Crippen molar-refractivity contribution in [2.24, 2.45) is 11.8 Å². The molecular formula is C11H23NO2S. The van der Waals surface area contributed by atoms with Crippen molar-refractivity contribution < 1.29 is 8.42 Å². The first kappa shape index (κ1) is 13.0. The van der Waals surface area contributed by atoms with E-state index in [4.69, 9.17) is 0 Å². The molecule has 1 aliphatic rings. The minimum atomic E-state index is -2.77. The molecule has 1 saturated carbocycles. The lowest BCUT2D eigenvalue weighted by atomic mass is 10.1. The molecule has 0 aromatic carbocycles. The molecule has 0 heterocycles. The molecule has 1 fully saturated rings. The molecular weight excluding hydrogens is 210 g/mol. The van der Waals surface area contributed by atoms with Crippen LogP contribution in [0.2, 0.25) is 0 Å². The van der Waals surface area contributed by atoms with Crippen molar-refractivity contribution in [1.82, 2.24) is 5.32 Å². The van der Waals surface area contributed by atoms with Gasteiger partial charge in [0.1, 0.15) is 9.84 Å². The molecule has 0 spiro atoms. The Morgan fingerprint density at radius 1 is 1.47 bits per heavy atom. The van der Waals surface area contributed by atoms with Crippen molar-refractivity contribution in [2.75, 3.05) is 18.6 Å². The first-order valence-corrected chi connectivity index (χ1v) is 7.70. The Hall–Kier alpha value is -0.0900. The lowest BCUT2D eigenvalue weighted by molar-refractivity contribution is 0.447. The van der Waals surface area contributed by atoms with Crippen molar-refractivity contribution in [3.8, 4) is 0 Å². The highest BCUT2D eigenvalue weighted by Crippen LogP contribution is 2.41. The maximum Gasteiger partial charge on any atom is 0.150 e. The molecule has 0 saturated heterocycles. The lowest BCUT2D eigenvalue weighted by Crippen LogP contribution is -2.28. The normalized spacial score (nSPS) is 27.7. The van der Waals surface area contributed by atoms with E-state index in [-0.39, 0.29) is 5.75 Å². The van der Waals surface area contributed by atoms with Crippen LogP contribution in [0.25, 0.3) is 0 Å². The molecule has 3 unspecified atom stereocenters. The molecule has 4 heteroatoms. The van der Waals surface area contributed by atoms with E-state index in [1.54, 1.807) is 6.92 Å². The van der Waals surface area contributed by atoms with Crippen LogP contribution in [0.4, 0.5) is 0 Å². The molecule has 1 rings (SSSR count). The third-order valence-corrected chi connectivity index (χ3v) is 5.26. The molecule has 0 radical (unpaired) electrons. The van der Waals surface area contributed by atoms with Gasteiger partial charge in [0, 0.05) is 11.8 Å². The fraction of sp³-hybridized carbons (Fsp3) is 1.00. The Labute approximate surface area is 93.6 Å². The zero-order chi connectivity index (χ0) is 11.5. The van der Waals surface area contributed by atoms with Gasteiger partial charge in [-0.15, -0.1) is 0 Å². The van der Waals surface area contributed by atoms with E-state index in [0.717, 1.165) is 24.7 Å². The van der Waals surface area contributed by atoms with Crippen LogP contribution in [-0.2, 0) is 9.84 Å². The van der Waals surface area contributed by atoms with Gasteiger partial charge in [0.15, 0.2) is 0 Å². The van der Waals surface area contributed by atoms with E-state index >= 15 is 0 Å². The van der Waals surface area contributed by atoms with Crippen LogP contribution in [0.3, 0.4) is 0 Å². The van der Waals surface area contributed by atoms with Crippen LogP contribution < -0.4 is 5.32 Å². The Balaban J connectivity index is 2.24. The quantitative estimate of drug-likeness (QED) is 0.724. The van der Waals surface area contributed by atoms with Gasteiger partial charge >= 0.3 is 0 Å². The minimum absolute atomic E-state index is 0.275. The van der Waals surface area contributed by atoms with Crippen LogP contribution in [0.5, 0.6) is 0 Å². The summed E-state index contributed by atoms with van der Waals surface area (Å²) in [5.41, 5.74) is 0. The van der Waals surface area contributed by atoms with Crippen LogP contribution in [0.15, 0.2) is 0 Å². The van der Waals surface area contributed by atoms with E-state index < -0.39 is 9.84 Å². The second-order valence-corrected chi connectivity index (χ2v) is 7.12. The molecule has 15 heavy (non-hydrogen) atoms. The maximum atomic E-state index is 11.3. The molecule has 0 aromatic rings. The zero-order valence-corrected chi connectivity index (χ0v) is 10.8. The number of hydrogen-bond acceptors (Lipinski definition) is 3. The zero-order valence-electron chi connectivity index (χ0n) is 9.99. The summed E-state index contributed by atoms with van der Waals surface area (Å²) in [6.45, 7) is 3.98. The van der Waals surface area contributed by atoms with E-state index in [9.17, 15) is 8.42 Å². The second-order valence-electron chi connectivity index (χ2n) is 4.65. The average molecular weight is 233 g/mol. The highest BCUT2D eigenvalue weighted by molar-refractivity contribution is 7.91. The van der Waals surface area contributed by atoms with Gasteiger partial charge in [-0.05, 0) is 38.1 Å². The smallest absolute Gasteiger partial charge is 0.150 e. The first-order valence-electron chi connectivity index (χ1n) is 5.88. The molecule has 0 aromatic heterocycles. The summed E-state index contributed by atoms with van der Waals surface area (Å²) in [6.07, 6.45) is 3.08. The van der Waals surface area contributed by atoms with Crippen molar-refractivity contribution in [3.63, 3.8) is 0 Å². The molecule has 1 aliphatic carbocycles. The van der Waals surface area contributed by atoms with Gasteiger partial charge in [-0.3, -0.25) is 0 Å². The van der Waals surface area contributed by atoms with Crippen LogP contribution in [-0.4, -0.2) is 33.0 Å². The Morgan fingerprint density at radius 2 is 2.07 bits per heavy atom. The predicted octanol–water partition coefficient (Wildman–Crippen LogP) is 1.45. The average Bonchev–Trinajstić information content (AvgIpc) is 2.90. The molecule has 0 bridgehead atoms. The van der Waals surface area contributed by atoms with Crippen molar-refractivity contribution in [2.45, 2.75) is 39.2 Å². The largest absolute Gasteiger partial charge is 0.317 e. The summed E-state index contributed by atoms with van der Waals surface area (Å²) >= 11 is 0. The summed E-state index contributed by atoms with van der Waals surface area (Å²) in [6, 6.07) is 0.520. The van der Waals surface area contributed by atoms with Gasteiger partial charge in [0.25, 0.3) is 0 Å². The predicted molar refractivity (Wildman–Crippen MR) is 63.7 cm³/mol. The molecule has 1 N–H and O–H groups in total. The van der Waals surface area contributed by atoms with Crippen molar-refractivity contribution in [3.05, 3.63) is 0 Å². The molecule has 0 aliphatic heterocycles. The SMILES string of the molecule is CCS(=O)(=O)CCCC(NC)C1CC1C. The van der Waals surface area contributed by atoms with Crippen LogP contribution >= 0.6 is 0 Å². The molecule has 0 amide bonds. The maximum absolute atomic E-state index is 11.3. The minimum Gasteiger partial charge on any atom is -0.317 e. The fourth-order valence-corrected chi connectivity index (χ4v) is 3.05. The first-order chi connectivity index (χ1) is 7.00. The topological polar surface area (TPSA) is 46.2 Å². The van der Waals surface area contributed by atoms with E-state index in [1.165, 1.54) is 6.42 Å². The Morgan fingerprint density at radius 3 is 2.47 bits per heavy atom. The van der Waals surface area contributed by atoms with Gasteiger partial charge in [-0.25, -0.2) is 8.42 Å². The molecule has 3 atom stereocenters. The summed E-state index contributed by atoms with van der Waals surface area (Å²) < 4.78 is 22.6. The number of sulfone groups is 1. The van der Waals surface area contributed by atoms with E-state index in [0.29, 0.717) is 11.8 Å². The van der Waals surface area contributed by atoms with E-state index in [2.05, 4.69) is 12.2 Å². The summed E-state index contributed by atoms with van der Waals surface area (Å²) in [4.78, 5) is 0. The van der Waals surface area contributed by atoms with Gasteiger partial charge in [0.2, 0.25) is 0 Å². The highest BCUT2D eigenvalue weighted by atomic mass is 32.2. The van der Waals surface area contributed by atoms with Crippen molar-refractivity contribution in [1.29, 1.82) is 0 Å². The van der Waals surface area contributed by atoms with Gasteiger partial charge in [-0.1, -0.05) is 13.8 Å². The third-order valence-electron chi connectivity index (χ3n) is 3.47. The number of rotatable bonds is 7. The Bertz CT molecular complexity index is 287. The monoisotopic (exact) mass is 233 g/mol. The van der Waals surface area contributed by atoms with Crippen LogP contribution in [0.1, 0.15) is 33.1 Å². The Kier molecular flexibility index (Phi) is 4.59. The molecule has 3 nitrogen and oxygen atoms in total. The van der Waals surface area contributed by atoms with Crippen LogP contribution in [0, 0.1) is 11.8 Å². The summed E-state index contributed by atoms with van der Waals surface area (Å²) in [7, 11) is -0.794. The fourth-order valence-electron chi connectivity index (χ4n) is 2.15. The molecule has 90 valence electrons. The van der Waals surface area contributed by atoms with Gasteiger partial charge in [-0.2, -0.15) is 0 Å².